The predicted octanol–water partition coefficient (Wildman–Crippen LogP) is 6.77. The number of benzene rings is 3. The van der Waals surface area contributed by atoms with Crippen molar-refractivity contribution >= 4 is 35.4 Å². The van der Waals surface area contributed by atoms with Crippen molar-refractivity contribution in [3.05, 3.63) is 83.4 Å². The van der Waals surface area contributed by atoms with Gasteiger partial charge in [0.15, 0.2) is 11.5 Å². The van der Waals surface area contributed by atoms with E-state index < -0.39 is 30.5 Å². The number of carbonyl (C=O) groups is 3. The van der Waals surface area contributed by atoms with Crippen LogP contribution in [0.4, 0.5) is 24.5 Å². The topological polar surface area (TPSA) is 149 Å². The number of anilines is 2. The SMILES string of the molecule is COc1cc(C(=O)Oc2ccc(/C=C/C(=O)OCCCCOC(=O)c3cc(N)cc(N)c3)cc2)ccc1OCCCCCC(F)(F)F. The van der Waals surface area contributed by atoms with Crippen molar-refractivity contribution in [3.8, 4) is 17.2 Å². The van der Waals surface area contributed by atoms with E-state index >= 15 is 0 Å². The first-order valence-electron chi connectivity index (χ1n) is 14.8. The van der Waals surface area contributed by atoms with Crippen molar-refractivity contribution in [1.82, 2.24) is 0 Å². The Hall–Kier alpha value is -5.20. The van der Waals surface area contributed by atoms with E-state index in [-0.39, 0.29) is 48.9 Å². The lowest BCUT2D eigenvalue weighted by atomic mass is 10.2. The van der Waals surface area contributed by atoms with Gasteiger partial charge in [0.1, 0.15) is 5.75 Å². The van der Waals surface area contributed by atoms with Crippen molar-refractivity contribution in [2.24, 2.45) is 0 Å². The van der Waals surface area contributed by atoms with Crippen LogP contribution in [0.15, 0.2) is 66.7 Å². The van der Waals surface area contributed by atoms with Crippen molar-refractivity contribution in [2.75, 3.05) is 38.4 Å². The summed E-state index contributed by atoms with van der Waals surface area (Å²) in [6.45, 7) is 0.493. The van der Waals surface area contributed by atoms with Crippen LogP contribution in [-0.4, -0.2) is 51.0 Å². The van der Waals surface area contributed by atoms with Gasteiger partial charge in [0.05, 0.1) is 38.1 Å². The summed E-state index contributed by atoms with van der Waals surface area (Å²) in [6, 6.07) is 15.4. The minimum Gasteiger partial charge on any atom is -0.493 e. The standard InChI is InChI=1S/C34H37F3N2O8/c1-43-30-21-24(10-13-29(30)44-16-4-2-3-15-34(35,36)37)33(42)47-28-11-7-23(8-12-28)9-14-31(40)45-17-5-6-18-46-32(41)25-19-26(38)22-27(39)20-25/h7-14,19-22H,2-6,15-18,38-39H2,1H3/b14-9+. The van der Waals surface area contributed by atoms with E-state index in [2.05, 4.69) is 0 Å². The second-order valence-electron chi connectivity index (χ2n) is 10.3. The van der Waals surface area contributed by atoms with Gasteiger partial charge in [-0.3, -0.25) is 0 Å². The summed E-state index contributed by atoms with van der Waals surface area (Å²) < 4.78 is 63.4. The molecule has 47 heavy (non-hydrogen) atoms. The van der Waals surface area contributed by atoms with Gasteiger partial charge in [0, 0.05) is 23.9 Å². The zero-order chi connectivity index (χ0) is 34.2. The third-order valence-electron chi connectivity index (χ3n) is 6.49. The van der Waals surface area contributed by atoms with E-state index in [0.717, 1.165) is 0 Å². The summed E-state index contributed by atoms with van der Waals surface area (Å²) in [5.41, 5.74) is 13.2. The molecule has 0 bridgehead atoms. The number of rotatable bonds is 17. The largest absolute Gasteiger partial charge is 0.493 e. The number of alkyl halides is 3. The molecule has 0 saturated carbocycles. The van der Waals surface area contributed by atoms with Crippen LogP contribution in [0.5, 0.6) is 17.2 Å². The maximum Gasteiger partial charge on any atom is 0.389 e. The van der Waals surface area contributed by atoms with Crippen LogP contribution in [0.25, 0.3) is 6.08 Å². The molecule has 4 N–H and O–H groups in total. The highest BCUT2D eigenvalue weighted by Gasteiger charge is 2.25. The molecule has 0 aliphatic rings. The number of halogens is 3. The number of hydrogen-bond acceptors (Lipinski definition) is 10. The third kappa shape index (κ3) is 13.4. The summed E-state index contributed by atoms with van der Waals surface area (Å²) in [7, 11) is 1.41. The molecule has 0 fully saturated rings. The Morgan fingerprint density at radius 2 is 1.38 bits per heavy atom. The molecule has 0 radical (unpaired) electrons. The maximum absolute atomic E-state index is 12.7. The maximum atomic E-state index is 12.7. The summed E-state index contributed by atoms with van der Waals surface area (Å²) in [6.07, 6.45) is -0.344. The van der Waals surface area contributed by atoms with E-state index in [9.17, 15) is 27.6 Å². The Bertz CT molecular complexity index is 1500. The molecule has 0 saturated heterocycles. The Kier molecular flexibility index (Phi) is 13.9. The second-order valence-corrected chi connectivity index (χ2v) is 10.3. The first kappa shape index (κ1) is 36.3. The van der Waals surface area contributed by atoms with Crippen molar-refractivity contribution in [1.29, 1.82) is 0 Å². The molecule has 10 nitrogen and oxygen atoms in total. The van der Waals surface area contributed by atoms with Gasteiger partial charge in [0.2, 0.25) is 0 Å². The lowest BCUT2D eigenvalue weighted by Gasteiger charge is -2.12. The van der Waals surface area contributed by atoms with Gasteiger partial charge in [-0.05, 0) is 92.3 Å². The van der Waals surface area contributed by atoms with Gasteiger partial charge >= 0.3 is 24.1 Å². The number of carbonyl (C=O) groups excluding carboxylic acids is 3. The summed E-state index contributed by atoms with van der Waals surface area (Å²) in [4.78, 5) is 36.8. The minimum atomic E-state index is -4.16. The van der Waals surface area contributed by atoms with Crippen molar-refractivity contribution < 1.29 is 51.2 Å². The molecule has 3 aromatic rings. The average molecular weight is 659 g/mol. The predicted molar refractivity (Wildman–Crippen MR) is 169 cm³/mol. The highest BCUT2D eigenvalue weighted by atomic mass is 19.4. The van der Waals surface area contributed by atoms with E-state index in [1.54, 1.807) is 30.3 Å². The van der Waals surface area contributed by atoms with Crippen LogP contribution in [0.2, 0.25) is 0 Å². The van der Waals surface area contributed by atoms with Crippen LogP contribution >= 0.6 is 0 Å². The van der Waals surface area contributed by atoms with Gasteiger partial charge in [-0.1, -0.05) is 12.1 Å². The number of unbranched alkanes of at least 4 members (excludes halogenated alkanes) is 3. The number of esters is 3. The normalized spacial score (nSPS) is 11.2. The lowest BCUT2D eigenvalue weighted by Crippen LogP contribution is -2.09. The number of nitrogen functional groups attached to an aromatic ring is 2. The fourth-order valence-corrected chi connectivity index (χ4v) is 4.15. The van der Waals surface area contributed by atoms with Gasteiger partial charge in [-0.15, -0.1) is 0 Å². The number of methoxy groups -OCH3 is 1. The highest BCUT2D eigenvalue weighted by molar-refractivity contribution is 5.92. The van der Waals surface area contributed by atoms with Crippen LogP contribution in [0.1, 0.15) is 64.8 Å². The Balaban J connectivity index is 1.36. The van der Waals surface area contributed by atoms with E-state index in [1.807, 2.05) is 0 Å². The van der Waals surface area contributed by atoms with Crippen LogP contribution in [-0.2, 0) is 14.3 Å². The minimum absolute atomic E-state index is 0.0337. The van der Waals surface area contributed by atoms with Crippen molar-refractivity contribution in [2.45, 2.75) is 44.7 Å². The summed E-state index contributed by atoms with van der Waals surface area (Å²) in [5, 5.41) is 0. The van der Waals surface area contributed by atoms with E-state index in [1.165, 1.54) is 49.6 Å². The second kappa shape index (κ2) is 18.1. The Labute approximate surface area is 270 Å². The quantitative estimate of drug-likeness (QED) is 0.0523. The average Bonchev–Trinajstić information content (AvgIpc) is 3.02. The van der Waals surface area contributed by atoms with E-state index in [4.69, 9.17) is 35.2 Å². The Morgan fingerprint density at radius 1 is 0.723 bits per heavy atom. The van der Waals surface area contributed by atoms with Crippen LogP contribution in [0.3, 0.4) is 0 Å². The molecule has 3 rings (SSSR count). The monoisotopic (exact) mass is 658 g/mol. The zero-order valence-corrected chi connectivity index (χ0v) is 25.8. The van der Waals surface area contributed by atoms with Gasteiger partial charge < -0.3 is 35.2 Å². The number of ether oxygens (including phenoxy) is 5. The smallest absolute Gasteiger partial charge is 0.389 e. The molecule has 3 aromatic carbocycles. The molecule has 252 valence electrons. The molecule has 0 aliphatic heterocycles. The van der Waals surface area contributed by atoms with Gasteiger partial charge in [-0.25, -0.2) is 14.4 Å². The molecule has 0 heterocycles. The first-order chi connectivity index (χ1) is 22.4. The van der Waals surface area contributed by atoms with E-state index in [0.29, 0.717) is 48.4 Å². The molecule has 0 aliphatic carbocycles. The first-order valence-corrected chi connectivity index (χ1v) is 14.8. The Morgan fingerprint density at radius 3 is 2.04 bits per heavy atom. The molecule has 0 atom stereocenters. The molecule has 0 amide bonds. The summed E-state index contributed by atoms with van der Waals surface area (Å²) in [5.74, 6) is -0.814. The molecule has 13 heteroatoms. The van der Waals surface area contributed by atoms with Crippen LogP contribution < -0.4 is 25.7 Å². The molecular formula is C34H37F3N2O8. The fraction of sp³-hybridized carbons (Fsp3) is 0.324. The molecule has 0 aromatic heterocycles. The third-order valence-corrected chi connectivity index (χ3v) is 6.49. The molecular weight excluding hydrogens is 621 g/mol. The van der Waals surface area contributed by atoms with Gasteiger partial charge in [-0.2, -0.15) is 13.2 Å². The fourth-order valence-electron chi connectivity index (χ4n) is 4.15. The molecule has 0 unspecified atom stereocenters. The number of nitrogens with two attached hydrogens (primary N) is 2. The van der Waals surface area contributed by atoms with Crippen LogP contribution in [0, 0.1) is 0 Å². The van der Waals surface area contributed by atoms with Gasteiger partial charge in [0.25, 0.3) is 0 Å². The summed E-state index contributed by atoms with van der Waals surface area (Å²) >= 11 is 0. The highest BCUT2D eigenvalue weighted by Crippen LogP contribution is 2.29. The van der Waals surface area contributed by atoms with Crippen molar-refractivity contribution in [3.63, 3.8) is 0 Å². The lowest BCUT2D eigenvalue weighted by molar-refractivity contribution is -0.138. The zero-order valence-electron chi connectivity index (χ0n) is 25.8. The molecule has 0 spiro atoms. The number of hydrogen-bond donors (Lipinski definition) is 2.